The molecular weight excluding hydrogens is 222 g/mol. The van der Waals surface area contributed by atoms with E-state index in [1.807, 2.05) is 12.1 Å². The topological polar surface area (TPSA) is 43.1 Å². The maximum atomic E-state index is 10.7. The number of hydrogen-bond donors (Lipinski definition) is 0. The largest absolute Gasteiger partial charge is 0.439 e. The van der Waals surface area contributed by atoms with Gasteiger partial charge in [0.05, 0.1) is 0 Å². The summed E-state index contributed by atoms with van der Waals surface area (Å²) in [6.07, 6.45) is 1.49. The second-order valence-electron chi connectivity index (χ2n) is 2.31. The van der Waals surface area contributed by atoms with Gasteiger partial charge >= 0.3 is 5.76 Å². The molecular formula is C8H4BrNO2. The molecule has 2 rings (SSSR count). The smallest absolute Gasteiger partial charge is 0.408 e. The molecule has 1 aromatic heterocycles. The summed E-state index contributed by atoms with van der Waals surface area (Å²) < 4.78 is 5.76. The first-order chi connectivity index (χ1) is 5.75. The fraction of sp³-hybridized carbons (Fsp3) is 0. The second kappa shape index (κ2) is 2.71. The van der Waals surface area contributed by atoms with Crippen molar-refractivity contribution >= 4 is 26.9 Å². The maximum absolute atomic E-state index is 10.7. The van der Waals surface area contributed by atoms with Crippen LogP contribution >= 0.6 is 15.9 Å². The van der Waals surface area contributed by atoms with E-state index >= 15 is 0 Å². The Morgan fingerprint density at radius 1 is 1.42 bits per heavy atom. The fourth-order valence-electron chi connectivity index (χ4n) is 0.956. The SMILES string of the molecule is O=c1ncc2cc(Br)ccc2o1. The van der Waals surface area contributed by atoms with E-state index in [1.165, 1.54) is 6.20 Å². The molecule has 0 aliphatic carbocycles. The molecule has 0 aliphatic rings. The molecule has 0 radical (unpaired) electrons. The zero-order valence-corrected chi connectivity index (χ0v) is 7.54. The Hall–Kier alpha value is -1.16. The third-order valence-electron chi connectivity index (χ3n) is 1.48. The number of rotatable bonds is 0. The molecule has 0 aliphatic heterocycles. The van der Waals surface area contributed by atoms with Crippen molar-refractivity contribution in [1.29, 1.82) is 0 Å². The number of fused-ring (bicyclic) bond motifs is 1. The summed E-state index contributed by atoms with van der Waals surface area (Å²) in [7, 11) is 0. The zero-order chi connectivity index (χ0) is 8.55. The standard InChI is InChI=1S/C8H4BrNO2/c9-6-1-2-7-5(3-6)4-10-8(11)12-7/h1-4H. The van der Waals surface area contributed by atoms with Crippen molar-refractivity contribution in [2.24, 2.45) is 0 Å². The molecule has 0 amide bonds. The Kier molecular flexibility index (Phi) is 1.69. The molecule has 0 saturated heterocycles. The fourth-order valence-corrected chi connectivity index (χ4v) is 1.33. The Bertz CT molecular complexity index is 478. The van der Waals surface area contributed by atoms with E-state index in [0.717, 1.165) is 9.86 Å². The number of hydrogen-bond acceptors (Lipinski definition) is 3. The van der Waals surface area contributed by atoms with Gasteiger partial charge in [0.2, 0.25) is 0 Å². The van der Waals surface area contributed by atoms with Crippen molar-refractivity contribution in [3.63, 3.8) is 0 Å². The van der Waals surface area contributed by atoms with Crippen LogP contribution in [0.3, 0.4) is 0 Å². The normalized spacial score (nSPS) is 10.4. The molecule has 1 aromatic carbocycles. The monoisotopic (exact) mass is 225 g/mol. The van der Waals surface area contributed by atoms with Crippen molar-refractivity contribution in [3.8, 4) is 0 Å². The molecule has 4 heteroatoms. The van der Waals surface area contributed by atoms with Crippen molar-refractivity contribution in [1.82, 2.24) is 4.98 Å². The van der Waals surface area contributed by atoms with E-state index in [2.05, 4.69) is 20.9 Å². The van der Waals surface area contributed by atoms with Crippen LogP contribution < -0.4 is 5.76 Å². The summed E-state index contributed by atoms with van der Waals surface area (Å²) in [5, 5.41) is 0.809. The van der Waals surface area contributed by atoms with Crippen LogP contribution in [-0.4, -0.2) is 4.98 Å². The third kappa shape index (κ3) is 1.25. The van der Waals surface area contributed by atoms with Crippen LogP contribution in [0.4, 0.5) is 0 Å². The minimum Gasteiger partial charge on any atom is -0.408 e. The van der Waals surface area contributed by atoms with Crippen molar-refractivity contribution in [2.75, 3.05) is 0 Å². The van der Waals surface area contributed by atoms with Gasteiger partial charge in [-0.2, -0.15) is 4.98 Å². The first-order valence-electron chi connectivity index (χ1n) is 3.31. The summed E-state index contributed by atoms with van der Waals surface area (Å²) in [6.45, 7) is 0. The number of benzene rings is 1. The van der Waals surface area contributed by atoms with Crippen LogP contribution in [0.2, 0.25) is 0 Å². The van der Waals surface area contributed by atoms with Gasteiger partial charge in [0.1, 0.15) is 5.58 Å². The molecule has 0 atom stereocenters. The van der Waals surface area contributed by atoms with E-state index in [9.17, 15) is 4.79 Å². The van der Waals surface area contributed by atoms with Gasteiger partial charge in [-0.25, -0.2) is 4.79 Å². The Morgan fingerprint density at radius 2 is 2.25 bits per heavy atom. The molecule has 0 fully saturated rings. The highest BCUT2D eigenvalue weighted by Gasteiger charge is 1.96. The lowest BCUT2D eigenvalue weighted by Crippen LogP contribution is -2.01. The van der Waals surface area contributed by atoms with Gasteiger partial charge in [-0.1, -0.05) is 15.9 Å². The molecule has 12 heavy (non-hydrogen) atoms. The average molecular weight is 226 g/mol. The van der Waals surface area contributed by atoms with Gasteiger partial charge in [-0.15, -0.1) is 0 Å². The van der Waals surface area contributed by atoms with Crippen LogP contribution in [0.5, 0.6) is 0 Å². The first kappa shape index (κ1) is 7.49. The first-order valence-corrected chi connectivity index (χ1v) is 4.10. The molecule has 60 valence electrons. The van der Waals surface area contributed by atoms with E-state index in [-0.39, 0.29) is 0 Å². The molecule has 0 N–H and O–H groups in total. The summed E-state index contributed by atoms with van der Waals surface area (Å²) in [6, 6.07) is 5.37. The number of aromatic nitrogens is 1. The van der Waals surface area contributed by atoms with E-state index in [0.29, 0.717) is 5.58 Å². The highest BCUT2D eigenvalue weighted by molar-refractivity contribution is 9.10. The highest BCUT2D eigenvalue weighted by atomic mass is 79.9. The molecule has 0 bridgehead atoms. The van der Waals surface area contributed by atoms with Gasteiger partial charge in [0, 0.05) is 16.1 Å². The van der Waals surface area contributed by atoms with Crippen molar-refractivity contribution in [3.05, 3.63) is 39.4 Å². The van der Waals surface area contributed by atoms with Gasteiger partial charge in [0.15, 0.2) is 0 Å². The Morgan fingerprint density at radius 3 is 3.08 bits per heavy atom. The predicted octanol–water partition coefficient (Wildman–Crippen LogP) is 1.95. The van der Waals surface area contributed by atoms with Crippen molar-refractivity contribution in [2.45, 2.75) is 0 Å². The predicted molar refractivity (Wildman–Crippen MR) is 48.0 cm³/mol. The third-order valence-corrected chi connectivity index (χ3v) is 1.97. The lowest BCUT2D eigenvalue weighted by molar-refractivity contribution is 0.531. The molecule has 0 unspecified atom stereocenters. The lowest BCUT2D eigenvalue weighted by Gasteiger charge is -1.93. The van der Waals surface area contributed by atoms with E-state index < -0.39 is 5.76 Å². The average Bonchev–Trinajstić information content (AvgIpc) is 2.05. The van der Waals surface area contributed by atoms with Crippen LogP contribution in [0.15, 0.2) is 38.1 Å². The lowest BCUT2D eigenvalue weighted by atomic mass is 10.3. The van der Waals surface area contributed by atoms with Crippen LogP contribution in [-0.2, 0) is 0 Å². The second-order valence-corrected chi connectivity index (χ2v) is 3.22. The minimum atomic E-state index is -0.565. The summed E-state index contributed by atoms with van der Waals surface area (Å²) >= 11 is 3.30. The number of halogens is 1. The highest BCUT2D eigenvalue weighted by Crippen LogP contribution is 2.16. The molecule has 0 saturated carbocycles. The van der Waals surface area contributed by atoms with Crippen LogP contribution in [0.1, 0.15) is 0 Å². The van der Waals surface area contributed by atoms with E-state index in [4.69, 9.17) is 4.42 Å². The van der Waals surface area contributed by atoms with Gasteiger partial charge in [0.25, 0.3) is 0 Å². The molecule has 3 nitrogen and oxygen atoms in total. The van der Waals surface area contributed by atoms with Gasteiger partial charge in [-0.05, 0) is 18.2 Å². The summed E-state index contributed by atoms with van der Waals surface area (Å²) in [4.78, 5) is 14.2. The minimum absolute atomic E-state index is 0.554. The van der Waals surface area contributed by atoms with Crippen LogP contribution in [0.25, 0.3) is 11.0 Å². The molecule has 1 heterocycles. The van der Waals surface area contributed by atoms with Crippen molar-refractivity contribution < 1.29 is 4.42 Å². The Labute approximate surface area is 76.2 Å². The summed E-state index contributed by atoms with van der Waals surface area (Å²) in [5.41, 5.74) is 0.554. The summed E-state index contributed by atoms with van der Waals surface area (Å²) in [5.74, 6) is -0.565. The van der Waals surface area contributed by atoms with Gasteiger partial charge < -0.3 is 4.42 Å². The quantitative estimate of drug-likeness (QED) is 0.689. The molecule has 2 aromatic rings. The molecule has 0 spiro atoms. The number of nitrogens with zero attached hydrogens (tertiary/aromatic N) is 1. The Balaban J connectivity index is 2.87. The maximum Gasteiger partial charge on any atom is 0.439 e. The van der Waals surface area contributed by atoms with E-state index in [1.54, 1.807) is 6.07 Å². The van der Waals surface area contributed by atoms with Gasteiger partial charge in [-0.3, -0.25) is 0 Å². The van der Waals surface area contributed by atoms with Crippen LogP contribution in [0, 0.1) is 0 Å². The zero-order valence-electron chi connectivity index (χ0n) is 5.95.